The summed E-state index contributed by atoms with van der Waals surface area (Å²) in [6.07, 6.45) is -3.49. The number of alkyl halides is 4. The van der Waals surface area contributed by atoms with Crippen LogP contribution in [0.25, 0.3) is 33.3 Å². The summed E-state index contributed by atoms with van der Waals surface area (Å²) < 4.78 is 72.6. The third-order valence-electron chi connectivity index (χ3n) is 7.83. The fourth-order valence-electron chi connectivity index (χ4n) is 5.61. The molecule has 1 atom stereocenters. The summed E-state index contributed by atoms with van der Waals surface area (Å²) in [5.41, 5.74) is 10.1. The molecule has 0 spiro atoms. The van der Waals surface area contributed by atoms with E-state index in [0.717, 1.165) is 0 Å². The van der Waals surface area contributed by atoms with Gasteiger partial charge in [-0.15, -0.1) is 0 Å². The molecule has 4 N–H and O–H groups in total. The van der Waals surface area contributed by atoms with Gasteiger partial charge >= 0.3 is 6.18 Å². The van der Waals surface area contributed by atoms with Crippen molar-refractivity contribution in [2.45, 2.75) is 18.8 Å². The van der Waals surface area contributed by atoms with Crippen LogP contribution in [0.3, 0.4) is 0 Å². The van der Waals surface area contributed by atoms with Crippen LogP contribution in [0.2, 0.25) is 0 Å². The van der Waals surface area contributed by atoms with Gasteiger partial charge < -0.3 is 25.7 Å². The molecule has 0 aliphatic carbocycles. The second kappa shape index (κ2) is 13.7. The van der Waals surface area contributed by atoms with Gasteiger partial charge in [0.05, 0.1) is 41.4 Å². The number of hydrogen-bond donors (Lipinski definition) is 3. The number of fused-ring (bicyclic) bond motifs is 1. The lowest BCUT2D eigenvalue weighted by molar-refractivity contribution is -0.123. The Bertz CT molecular complexity index is 1960. The van der Waals surface area contributed by atoms with Crippen molar-refractivity contribution in [1.82, 2.24) is 19.8 Å². The van der Waals surface area contributed by atoms with E-state index in [9.17, 15) is 31.5 Å². The fourth-order valence-corrected chi connectivity index (χ4v) is 5.61. The zero-order valence-corrected chi connectivity index (χ0v) is 26.0. The molecule has 1 saturated heterocycles. The summed E-state index contributed by atoms with van der Waals surface area (Å²) in [5, 5.41) is 4.76. The molecule has 2 aromatic carbocycles. The highest BCUT2D eigenvalue weighted by atomic mass is 19.4. The average molecular weight is 667 g/mol. The number of nitrogens with zero attached hydrogens (tertiary/aromatic N) is 3. The molecule has 5 rings (SSSR count). The minimum Gasteiger partial charge on any atom is -0.496 e. The number of aryl methyl sites for hydroxylation is 1. The Morgan fingerprint density at radius 1 is 1.17 bits per heavy atom. The van der Waals surface area contributed by atoms with E-state index in [1.54, 1.807) is 37.4 Å². The molecule has 2 aromatic heterocycles. The summed E-state index contributed by atoms with van der Waals surface area (Å²) in [7, 11) is 3.08. The number of benzene rings is 2. The average Bonchev–Trinajstić information content (AvgIpc) is 3.61. The lowest BCUT2D eigenvalue weighted by atomic mass is 9.96. The van der Waals surface area contributed by atoms with Crippen LogP contribution in [0.4, 0.5) is 33.5 Å². The molecule has 1 aliphatic heterocycles. The maximum absolute atomic E-state index is 13.7. The minimum absolute atomic E-state index is 0.0129. The molecule has 9 nitrogen and oxygen atoms in total. The van der Waals surface area contributed by atoms with Gasteiger partial charge in [0, 0.05) is 37.6 Å². The highest BCUT2D eigenvalue weighted by Crippen LogP contribution is 2.44. The molecule has 4 aromatic rings. The molecule has 0 radical (unpaired) electrons. The monoisotopic (exact) mass is 666 g/mol. The van der Waals surface area contributed by atoms with Crippen molar-refractivity contribution >= 4 is 34.2 Å². The number of anilines is 2. The maximum Gasteiger partial charge on any atom is 0.405 e. The predicted octanol–water partition coefficient (Wildman–Crippen LogP) is 5.61. The number of amides is 2. The number of nitrogens with one attached hydrogen (secondary N) is 2. The molecule has 1 aliphatic rings. The van der Waals surface area contributed by atoms with E-state index in [2.05, 4.69) is 28.7 Å². The predicted molar refractivity (Wildman–Crippen MR) is 173 cm³/mol. The van der Waals surface area contributed by atoms with Gasteiger partial charge in [0.25, 0.3) is 11.8 Å². The normalized spacial score (nSPS) is 14.8. The molecule has 0 bridgehead atoms. The highest BCUT2D eigenvalue weighted by Gasteiger charge is 2.29. The first-order valence-corrected chi connectivity index (χ1v) is 14.7. The van der Waals surface area contributed by atoms with Gasteiger partial charge in [0.15, 0.2) is 5.83 Å². The van der Waals surface area contributed by atoms with Crippen molar-refractivity contribution in [3.8, 4) is 40.0 Å². The zero-order chi connectivity index (χ0) is 34.7. The van der Waals surface area contributed by atoms with Gasteiger partial charge in [0.1, 0.15) is 24.3 Å². The number of likely N-dealkylation sites (tertiary alicyclic amines) is 1. The number of halogens is 5. The Hall–Kier alpha value is -5.42. The Balaban J connectivity index is 1.66. The lowest BCUT2D eigenvalue weighted by Crippen LogP contribution is -2.33. The largest absolute Gasteiger partial charge is 0.496 e. The van der Waals surface area contributed by atoms with Crippen molar-refractivity contribution in [3.05, 3.63) is 72.2 Å². The number of pyridine rings is 1. The van der Waals surface area contributed by atoms with E-state index in [4.69, 9.17) is 10.5 Å². The van der Waals surface area contributed by atoms with E-state index in [1.165, 1.54) is 25.4 Å². The number of aromatic nitrogens is 2. The molecule has 48 heavy (non-hydrogen) atoms. The number of methoxy groups -OCH3 is 1. The van der Waals surface area contributed by atoms with E-state index in [0.29, 0.717) is 70.6 Å². The first-order valence-electron chi connectivity index (χ1n) is 14.7. The van der Waals surface area contributed by atoms with Crippen LogP contribution < -0.4 is 21.1 Å². The smallest absolute Gasteiger partial charge is 0.405 e. The van der Waals surface area contributed by atoms with Crippen LogP contribution in [0, 0.1) is 11.8 Å². The minimum atomic E-state index is -4.60. The summed E-state index contributed by atoms with van der Waals surface area (Å²) >= 11 is 0. The zero-order valence-electron chi connectivity index (χ0n) is 26.0. The van der Waals surface area contributed by atoms with Crippen LogP contribution in [0.5, 0.6) is 5.75 Å². The van der Waals surface area contributed by atoms with Crippen LogP contribution in [-0.4, -0.2) is 71.9 Å². The van der Waals surface area contributed by atoms with Crippen LogP contribution in [-0.2, 0) is 11.8 Å². The maximum atomic E-state index is 13.7. The first kappa shape index (κ1) is 33.9. The molecule has 1 fully saturated rings. The SMILES string of the molecule is C=C(F)C(=O)Nc1ccc(-c2c(-c3ccc(C(=O)NCC(F)(F)F)c(OC)c3)c3c(N)ncc(C#CCN4CC[C@@H](F)C4)c3n2C)cc1. The Kier molecular flexibility index (Phi) is 9.72. The molecular weight excluding hydrogens is 635 g/mol. The molecule has 2 amide bonds. The molecule has 14 heteroatoms. The first-order chi connectivity index (χ1) is 22.8. The molecule has 0 unspecified atom stereocenters. The fraction of sp³-hybridized carbons (Fsp3) is 0.265. The molecular formula is C34H31F5N6O3. The van der Waals surface area contributed by atoms with E-state index >= 15 is 0 Å². The van der Waals surface area contributed by atoms with Crippen LogP contribution >= 0.6 is 0 Å². The number of nitrogens with two attached hydrogens (primary N) is 1. The van der Waals surface area contributed by atoms with Gasteiger partial charge in [-0.3, -0.25) is 14.5 Å². The standard InChI is InChI=1S/C34H31F5N6O3/c1-19(35)32(46)43-24-9-6-20(7-10-24)29-27(21-8-11-25(26(15-21)48-3)33(47)42-18-34(37,38)39)28-30(44(29)2)22(16-41-31(28)40)5-4-13-45-14-12-23(36)17-45/h6-11,15-16,23H,1,12-14,17-18H2,2-3H3,(H2,40,41)(H,42,47)(H,43,46)/t23-/m1/s1. The topological polar surface area (TPSA) is 115 Å². The summed E-state index contributed by atoms with van der Waals surface area (Å²) in [4.78, 5) is 30.8. The lowest BCUT2D eigenvalue weighted by Gasteiger charge is -2.14. The Labute approximate surface area is 272 Å². The number of carbonyl (C=O) groups is 2. The summed E-state index contributed by atoms with van der Waals surface area (Å²) in [5.74, 6) is 3.30. The van der Waals surface area contributed by atoms with Crippen molar-refractivity contribution < 1.29 is 36.3 Å². The third kappa shape index (κ3) is 7.26. The summed E-state index contributed by atoms with van der Waals surface area (Å²) in [6, 6.07) is 11.0. The van der Waals surface area contributed by atoms with Gasteiger partial charge in [-0.25, -0.2) is 13.8 Å². The van der Waals surface area contributed by atoms with Crippen molar-refractivity contribution in [1.29, 1.82) is 0 Å². The number of rotatable bonds is 8. The van der Waals surface area contributed by atoms with E-state index < -0.39 is 36.5 Å². The van der Waals surface area contributed by atoms with Crippen LogP contribution in [0.15, 0.2) is 61.1 Å². The van der Waals surface area contributed by atoms with Crippen molar-refractivity contribution in [2.75, 3.05) is 44.3 Å². The second-order valence-corrected chi connectivity index (χ2v) is 11.1. The molecule has 250 valence electrons. The quantitative estimate of drug-likeness (QED) is 0.128. The second-order valence-electron chi connectivity index (χ2n) is 11.1. The molecule has 3 heterocycles. The summed E-state index contributed by atoms with van der Waals surface area (Å²) in [6.45, 7) is 2.75. The van der Waals surface area contributed by atoms with E-state index in [1.807, 2.05) is 14.8 Å². The van der Waals surface area contributed by atoms with E-state index in [-0.39, 0.29) is 17.1 Å². The Morgan fingerprint density at radius 2 is 1.88 bits per heavy atom. The highest BCUT2D eigenvalue weighted by molar-refractivity contribution is 6.11. The van der Waals surface area contributed by atoms with Gasteiger partial charge in [-0.2, -0.15) is 13.2 Å². The Morgan fingerprint density at radius 3 is 2.50 bits per heavy atom. The van der Waals surface area contributed by atoms with Crippen molar-refractivity contribution in [3.63, 3.8) is 0 Å². The number of ether oxygens (including phenoxy) is 1. The van der Waals surface area contributed by atoms with Gasteiger partial charge in [0.2, 0.25) is 0 Å². The van der Waals surface area contributed by atoms with Gasteiger partial charge in [-0.1, -0.05) is 36.6 Å². The number of carbonyl (C=O) groups excluding carboxylic acids is 2. The van der Waals surface area contributed by atoms with Crippen molar-refractivity contribution in [2.24, 2.45) is 7.05 Å². The number of hydrogen-bond acceptors (Lipinski definition) is 6. The van der Waals surface area contributed by atoms with Gasteiger partial charge in [-0.05, 0) is 41.8 Å². The molecule has 0 saturated carbocycles. The number of nitrogen functional groups attached to an aromatic ring is 1. The van der Waals surface area contributed by atoms with Crippen LogP contribution in [0.1, 0.15) is 22.3 Å². The third-order valence-corrected chi connectivity index (χ3v) is 7.83.